The van der Waals surface area contributed by atoms with Gasteiger partial charge >= 0.3 is 11.9 Å². The van der Waals surface area contributed by atoms with Crippen molar-refractivity contribution in [2.24, 2.45) is 0 Å². The highest BCUT2D eigenvalue weighted by Crippen LogP contribution is 2.46. The molecule has 1 aliphatic rings. The van der Waals surface area contributed by atoms with E-state index in [-0.39, 0.29) is 12.8 Å². The maximum atomic E-state index is 12.9. The molecule has 22 heteroatoms. The van der Waals surface area contributed by atoms with Crippen molar-refractivity contribution >= 4 is 35.4 Å². The summed E-state index contributed by atoms with van der Waals surface area (Å²) < 4.78 is 63.7. The second-order valence-electron chi connectivity index (χ2n) is 16.6. The van der Waals surface area contributed by atoms with E-state index in [1.54, 1.807) is 0 Å². The molecule has 0 heterocycles. The summed E-state index contributed by atoms with van der Waals surface area (Å²) in [6, 6.07) is 0. The second-order valence-corrected chi connectivity index (χ2v) is 20.2. The van der Waals surface area contributed by atoms with Crippen molar-refractivity contribution in [2.75, 3.05) is 13.2 Å². The van der Waals surface area contributed by atoms with Crippen molar-refractivity contribution in [3.8, 4) is 0 Å². The first-order valence-corrected chi connectivity index (χ1v) is 27.6. The topological polar surface area (TPSA) is 317 Å². The highest BCUT2D eigenvalue weighted by Gasteiger charge is 2.53. The van der Waals surface area contributed by atoms with Gasteiger partial charge in [-0.1, -0.05) is 168 Å². The first-order valence-electron chi connectivity index (χ1n) is 23.2. The molecule has 0 saturated heterocycles. The zero-order valence-electron chi connectivity index (χ0n) is 37.5. The van der Waals surface area contributed by atoms with Crippen LogP contribution in [-0.2, 0) is 50.9 Å². The van der Waals surface area contributed by atoms with Gasteiger partial charge in [0.25, 0.3) is 7.82 Å². The highest BCUT2D eigenvalue weighted by molar-refractivity contribution is 7.46. The minimum absolute atomic E-state index is 0.0292. The third-order valence-electron chi connectivity index (χ3n) is 10.9. The molecular formula is C41H76O19P3-5. The number of unbranched alkanes of at least 4 members (excludes halogenated alkanes) is 24. The summed E-state index contributed by atoms with van der Waals surface area (Å²) in [5, 5.41) is 31.5. The van der Waals surface area contributed by atoms with Crippen molar-refractivity contribution < 1.29 is 90.6 Å². The maximum absolute atomic E-state index is 12.9. The Morgan fingerprint density at radius 1 is 0.460 bits per heavy atom. The van der Waals surface area contributed by atoms with E-state index < -0.39 is 91.3 Å². The van der Waals surface area contributed by atoms with Crippen molar-refractivity contribution in [3.63, 3.8) is 0 Å². The van der Waals surface area contributed by atoms with Gasteiger partial charge in [-0.05, 0) is 12.8 Å². The predicted molar refractivity (Wildman–Crippen MR) is 223 cm³/mol. The molecule has 0 spiro atoms. The Morgan fingerprint density at radius 3 is 1.17 bits per heavy atom. The molecule has 374 valence electrons. The van der Waals surface area contributed by atoms with Gasteiger partial charge in [0.1, 0.15) is 43.2 Å². The largest absolute Gasteiger partial charge is 0.790 e. The van der Waals surface area contributed by atoms with Gasteiger partial charge in [0.15, 0.2) is 6.10 Å². The average Bonchev–Trinajstić information content (AvgIpc) is 3.20. The van der Waals surface area contributed by atoms with Crippen LogP contribution in [0.15, 0.2) is 0 Å². The van der Waals surface area contributed by atoms with Crippen LogP contribution in [0.5, 0.6) is 0 Å². The number of carbonyl (C=O) groups is 2. The molecular weight excluding hydrogens is 889 g/mol. The van der Waals surface area contributed by atoms with Crippen LogP contribution in [0.1, 0.15) is 194 Å². The standard InChI is InChI=1S/C41H81O19P3/c1-3-5-7-9-11-13-15-17-19-21-23-25-27-29-34(42)55-31-33(57-35(43)30-28-26-24-22-20-18-16-14-12-10-8-6-4-2)32-56-63(53,54)60-39-36(44)37(45)40(58-61(47,48)49)41(38(39)46)59-62(50,51)52/h33,36-41,44-46H,3-32H2,1-2H3,(H,53,54)(H2,47,48,49)(H2,50,51,52)/p-5/t33-,36-,37+,38+,39-,40-,41-/m1/s1. The van der Waals surface area contributed by atoms with E-state index in [4.69, 9.17) is 14.0 Å². The van der Waals surface area contributed by atoms with E-state index >= 15 is 0 Å². The fourth-order valence-electron chi connectivity index (χ4n) is 7.38. The summed E-state index contributed by atoms with van der Waals surface area (Å²) in [7, 11) is -18.0. The minimum atomic E-state index is -6.15. The van der Waals surface area contributed by atoms with Gasteiger partial charge in [0.2, 0.25) is 0 Å². The van der Waals surface area contributed by atoms with Crippen LogP contribution in [0, 0.1) is 0 Å². The molecule has 0 aromatic rings. The van der Waals surface area contributed by atoms with Crippen molar-refractivity contribution in [1.82, 2.24) is 0 Å². The molecule has 0 bridgehead atoms. The number of rotatable bonds is 40. The zero-order valence-corrected chi connectivity index (χ0v) is 40.2. The van der Waals surface area contributed by atoms with Gasteiger partial charge in [-0.15, -0.1) is 0 Å². The molecule has 1 unspecified atom stereocenters. The molecule has 1 rings (SSSR count). The molecule has 0 amide bonds. The molecule has 0 aliphatic heterocycles. The number of hydrogen-bond acceptors (Lipinski definition) is 19. The highest BCUT2D eigenvalue weighted by atomic mass is 31.2. The first kappa shape index (κ1) is 60.2. The summed E-state index contributed by atoms with van der Waals surface area (Å²) in [5.74, 6) is -1.36. The number of phosphoric ester groups is 3. The summed E-state index contributed by atoms with van der Waals surface area (Å²) >= 11 is 0. The van der Waals surface area contributed by atoms with Gasteiger partial charge < -0.3 is 76.5 Å². The molecule has 0 radical (unpaired) electrons. The van der Waals surface area contributed by atoms with Gasteiger partial charge in [0, 0.05) is 12.8 Å². The van der Waals surface area contributed by atoms with Gasteiger partial charge in [-0.2, -0.15) is 0 Å². The number of carbonyl (C=O) groups excluding carboxylic acids is 2. The Bertz CT molecular complexity index is 1350. The van der Waals surface area contributed by atoms with Crippen LogP contribution >= 0.6 is 23.5 Å². The summed E-state index contributed by atoms with van der Waals surface area (Å²) in [6.07, 6.45) is 11.1. The summed E-state index contributed by atoms with van der Waals surface area (Å²) in [6.45, 7) is 2.78. The van der Waals surface area contributed by atoms with E-state index in [2.05, 4.69) is 27.4 Å². The number of esters is 2. The molecule has 1 aliphatic carbocycles. The smallest absolute Gasteiger partial charge is 0.306 e. The lowest BCUT2D eigenvalue weighted by atomic mass is 9.85. The van der Waals surface area contributed by atoms with Crippen molar-refractivity contribution in [3.05, 3.63) is 0 Å². The third kappa shape index (κ3) is 30.9. The zero-order chi connectivity index (χ0) is 47.2. The van der Waals surface area contributed by atoms with E-state index in [9.17, 15) is 63.1 Å². The SMILES string of the molecule is CCCCCCCCCCCCCCCC(=O)OC[C@H](COP(=O)([O-])O[C@@H]1[C@H](O)[C@H](O)[C@@H](OP(=O)([O-])[O-])[C@H](OP(=O)([O-])[O-])[C@H]1O)OC(=O)CCCCCCCCCCCCCCC. The van der Waals surface area contributed by atoms with Crippen LogP contribution in [0.25, 0.3) is 0 Å². The number of hydrogen-bond donors (Lipinski definition) is 3. The Labute approximate surface area is 374 Å². The van der Waals surface area contributed by atoms with Crippen LogP contribution in [0.4, 0.5) is 0 Å². The number of aliphatic hydroxyl groups excluding tert-OH is 3. The number of aliphatic hydroxyl groups is 3. The summed E-state index contributed by atoms with van der Waals surface area (Å²) in [4.78, 5) is 83.4. The predicted octanol–water partition coefficient (Wildman–Crippen LogP) is 4.80. The Morgan fingerprint density at radius 2 is 0.794 bits per heavy atom. The van der Waals surface area contributed by atoms with Crippen molar-refractivity contribution in [1.29, 1.82) is 0 Å². The number of phosphoric acid groups is 3. The molecule has 1 saturated carbocycles. The van der Waals surface area contributed by atoms with E-state index in [0.717, 1.165) is 57.8 Å². The van der Waals surface area contributed by atoms with Crippen LogP contribution in [0.3, 0.4) is 0 Å². The number of ether oxygens (including phenoxy) is 2. The maximum Gasteiger partial charge on any atom is 0.306 e. The summed E-state index contributed by atoms with van der Waals surface area (Å²) in [5.41, 5.74) is 0. The van der Waals surface area contributed by atoms with Gasteiger partial charge in [-0.3, -0.25) is 14.2 Å². The molecule has 63 heavy (non-hydrogen) atoms. The van der Waals surface area contributed by atoms with E-state index in [1.165, 1.54) is 96.3 Å². The molecule has 1 fully saturated rings. The molecule has 8 atom stereocenters. The lowest BCUT2D eigenvalue weighted by Gasteiger charge is -2.50. The third-order valence-corrected chi connectivity index (χ3v) is 12.9. The Kier molecular flexibility index (Phi) is 32.9. The lowest BCUT2D eigenvalue weighted by Crippen LogP contribution is -2.65. The molecule has 3 N–H and O–H groups in total. The van der Waals surface area contributed by atoms with Crippen LogP contribution in [-0.4, -0.2) is 83.2 Å². The Balaban J connectivity index is 2.74. The van der Waals surface area contributed by atoms with Crippen molar-refractivity contribution in [2.45, 2.75) is 236 Å². The fraction of sp³-hybridized carbons (Fsp3) is 0.951. The fourth-order valence-corrected chi connectivity index (χ4v) is 9.42. The lowest BCUT2D eigenvalue weighted by molar-refractivity contribution is -0.366. The normalized spacial score (nSPS) is 22.1. The first-order chi connectivity index (χ1) is 29.8. The quantitative estimate of drug-likeness (QED) is 0.0422. The van der Waals surface area contributed by atoms with Gasteiger partial charge in [-0.25, -0.2) is 0 Å². The van der Waals surface area contributed by atoms with Crippen LogP contribution in [0.2, 0.25) is 0 Å². The average molecular weight is 966 g/mol. The molecule has 0 aromatic carbocycles. The van der Waals surface area contributed by atoms with Crippen LogP contribution < -0.4 is 24.5 Å². The molecule has 0 aromatic heterocycles. The second kappa shape index (κ2) is 34.4. The molecule has 19 nitrogen and oxygen atoms in total. The van der Waals surface area contributed by atoms with Gasteiger partial charge in [0.05, 0.1) is 22.3 Å². The Hall–Kier alpha value is -0.850. The minimum Gasteiger partial charge on any atom is -0.790 e. The monoisotopic (exact) mass is 965 g/mol. The van der Waals surface area contributed by atoms with E-state index in [1.807, 2.05) is 0 Å². The van der Waals surface area contributed by atoms with E-state index in [0.29, 0.717) is 12.8 Å².